The highest BCUT2D eigenvalue weighted by molar-refractivity contribution is 7.92. The van der Waals surface area contributed by atoms with Gasteiger partial charge in [-0.15, -0.1) is 0 Å². The van der Waals surface area contributed by atoms with Gasteiger partial charge in [0.2, 0.25) is 16.0 Å². The quantitative estimate of drug-likeness (QED) is 0.402. The van der Waals surface area contributed by atoms with Crippen LogP contribution < -0.4 is 9.62 Å². The number of sulfonamides is 1. The van der Waals surface area contributed by atoms with Gasteiger partial charge < -0.3 is 19.6 Å². The molecule has 0 saturated heterocycles. The average Bonchev–Trinajstić information content (AvgIpc) is 3.24. The van der Waals surface area contributed by atoms with E-state index in [-0.39, 0.29) is 11.7 Å². The number of phenolic OH excluding ortho intramolecular Hbond substituents is 1. The summed E-state index contributed by atoms with van der Waals surface area (Å²) in [5, 5.41) is 18.4. The second-order valence-corrected chi connectivity index (χ2v) is 9.52. The Kier molecular flexibility index (Phi) is 7.72. The Morgan fingerprint density at radius 1 is 1.27 bits per heavy atom. The van der Waals surface area contributed by atoms with Crippen molar-refractivity contribution in [2.24, 2.45) is 4.99 Å². The van der Waals surface area contributed by atoms with Crippen LogP contribution in [0.2, 0.25) is 0 Å². The van der Waals surface area contributed by atoms with E-state index in [1.807, 2.05) is 23.2 Å². The van der Waals surface area contributed by atoms with E-state index in [4.69, 9.17) is 10.1 Å². The molecule has 3 N–H and O–H groups in total. The Morgan fingerprint density at radius 3 is 2.73 bits per heavy atom. The fourth-order valence-corrected chi connectivity index (χ4v) is 3.96. The minimum absolute atomic E-state index is 0.0871. The zero-order valence-corrected chi connectivity index (χ0v) is 19.8. The summed E-state index contributed by atoms with van der Waals surface area (Å²) in [6.45, 7) is 1.67. The molecule has 1 heterocycles. The number of benzene rings is 2. The van der Waals surface area contributed by atoms with E-state index < -0.39 is 10.0 Å². The molecule has 0 spiro atoms. The SMILES string of the molecule is COCCN(C)C(=N)/N=C(\C1=CN(c2cccc(NS(C)(=O)=O)c2)CC1)c1cccc(O)c1. The molecule has 2 aromatic carbocycles. The fourth-order valence-electron chi connectivity index (χ4n) is 3.40. The van der Waals surface area contributed by atoms with Crippen LogP contribution in [0.3, 0.4) is 0 Å². The number of rotatable bonds is 8. The van der Waals surface area contributed by atoms with E-state index in [0.717, 1.165) is 17.5 Å². The van der Waals surface area contributed by atoms with Gasteiger partial charge in [0, 0.05) is 44.7 Å². The van der Waals surface area contributed by atoms with Crippen molar-refractivity contribution in [1.29, 1.82) is 5.41 Å². The van der Waals surface area contributed by atoms with Gasteiger partial charge in [-0.3, -0.25) is 10.1 Å². The first-order chi connectivity index (χ1) is 15.7. The van der Waals surface area contributed by atoms with Gasteiger partial charge in [-0.2, -0.15) is 0 Å². The van der Waals surface area contributed by atoms with Crippen molar-refractivity contribution in [2.75, 3.05) is 49.7 Å². The third kappa shape index (κ3) is 6.80. The number of hydrogen-bond acceptors (Lipinski definition) is 6. The zero-order valence-electron chi connectivity index (χ0n) is 18.9. The molecule has 0 aliphatic carbocycles. The number of hydrogen-bond donors (Lipinski definition) is 3. The summed E-state index contributed by atoms with van der Waals surface area (Å²) in [6.07, 6.45) is 3.74. The summed E-state index contributed by atoms with van der Waals surface area (Å²) in [6, 6.07) is 14.0. The fraction of sp³-hybridized carbons (Fsp3) is 0.304. The lowest BCUT2D eigenvalue weighted by Gasteiger charge is -2.18. The molecule has 33 heavy (non-hydrogen) atoms. The highest BCUT2D eigenvalue weighted by Crippen LogP contribution is 2.28. The summed E-state index contributed by atoms with van der Waals surface area (Å²) in [4.78, 5) is 8.30. The minimum atomic E-state index is -3.37. The summed E-state index contributed by atoms with van der Waals surface area (Å²) in [7, 11) is 0.0126. The first-order valence-electron chi connectivity index (χ1n) is 10.4. The van der Waals surface area contributed by atoms with Crippen LogP contribution in [0.1, 0.15) is 12.0 Å². The number of aliphatic imine (C=N–C) groups is 1. The third-order valence-electron chi connectivity index (χ3n) is 5.05. The molecular weight excluding hydrogens is 442 g/mol. The van der Waals surface area contributed by atoms with Gasteiger partial charge in [0.05, 0.1) is 24.3 Å². The Morgan fingerprint density at radius 2 is 2.03 bits per heavy atom. The predicted molar refractivity (Wildman–Crippen MR) is 132 cm³/mol. The molecular formula is C23H29N5O4S. The first kappa shape index (κ1) is 24.3. The van der Waals surface area contributed by atoms with E-state index in [2.05, 4.69) is 9.71 Å². The standard InChI is InChI=1S/C23H29N5O4S/c1-27(12-13-32-2)23(24)25-22(17-6-4-9-21(29)14-17)18-10-11-28(16-18)20-8-5-7-19(15-20)26-33(3,30)31/h4-9,14-16,24,26,29H,10-13H2,1-3H3/b24-23?,25-22-. The number of nitrogens with one attached hydrogen (secondary N) is 2. The maximum atomic E-state index is 11.6. The summed E-state index contributed by atoms with van der Waals surface area (Å²) in [5.74, 6) is 0.207. The van der Waals surface area contributed by atoms with E-state index in [0.29, 0.717) is 43.1 Å². The topological polar surface area (TPSA) is 118 Å². The lowest BCUT2D eigenvalue weighted by atomic mass is 10.0. The van der Waals surface area contributed by atoms with Crippen molar-refractivity contribution < 1.29 is 18.3 Å². The molecule has 3 rings (SSSR count). The predicted octanol–water partition coefficient (Wildman–Crippen LogP) is 2.86. The van der Waals surface area contributed by atoms with E-state index in [1.165, 1.54) is 0 Å². The monoisotopic (exact) mass is 471 g/mol. The summed E-state index contributed by atoms with van der Waals surface area (Å²) >= 11 is 0. The molecule has 0 saturated carbocycles. The van der Waals surface area contributed by atoms with Gasteiger partial charge in [-0.25, -0.2) is 13.4 Å². The van der Waals surface area contributed by atoms with Crippen molar-refractivity contribution in [3.05, 3.63) is 65.9 Å². The molecule has 0 bridgehead atoms. The van der Waals surface area contributed by atoms with Crippen LogP contribution in [0.5, 0.6) is 5.75 Å². The van der Waals surface area contributed by atoms with Crippen LogP contribution >= 0.6 is 0 Å². The van der Waals surface area contributed by atoms with Crippen molar-refractivity contribution in [3.8, 4) is 5.75 Å². The average molecular weight is 472 g/mol. The van der Waals surface area contributed by atoms with Gasteiger partial charge in [0.25, 0.3) is 0 Å². The minimum Gasteiger partial charge on any atom is -0.508 e. The number of aromatic hydroxyl groups is 1. The highest BCUT2D eigenvalue weighted by atomic mass is 32.2. The Hall–Kier alpha value is -3.37. The molecule has 0 amide bonds. The van der Waals surface area contributed by atoms with Gasteiger partial charge in [-0.1, -0.05) is 18.2 Å². The second-order valence-electron chi connectivity index (χ2n) is 7.77. The van der Waals surface area contributed by atoms with Crippen molar-refractivity contribution in [2.45, 2.75) is 6.42 Å². The van der Waals surface area contributed by atoms with Crippen molar-refractivity contribution >= 4 is 33.1 Å². The largest absolute Gasteiger partial charge is 0.508 e. The Labute approximate surface area is 194 Å². The number of ether oxygens (including phenoxy) is 1. The summed E-state index contributed by atoms with van der Waals surface area (Å²) in [5.41, 5.74) is 3.54. The van der Waals surface area contributed by atoms with Crippen molar-refractivity contribution in [1.82, 2.24) is 4.90 Å². The third-order valence-corrected chi connectivity index (χ3v) is 5.66. The zero-order chi connectivity index (χ0) is 24.0. The molecule has 10 heteroatoms. The molecule has 1 aliphatic heterocycles. The number of phenols is 1. The van der Waals surface area contributed by atoms with Crippen LogP contribution in [0, 0.1) is 5.41 Å². The second kappa shape index (κ2) is 10.5. The van der Waals surface area contributed by atoms with Crippen LogP contribution in [0.4, 0.5) is 11.4 Å². The van der Waals surface area contributed by atoms with Crippen LogP contribution in [-0.2, 0) is 14.8 Å². The molecule has 176 valence electrons. The van der Waals surface area contributed by atoms with Crippen LogP contribution in [0.15, 0.2) is 65.3 Å². The maximum absolute atomic E-state index is 11.6. The molecule has 1 aliphatic rings. The molecule has 0 atom stereocenters. The molecule has 0 aromatic heterocycles. The van der Waals surface area contributed by atoms with Gasteiger partial charge in [-0.05, 0) is 42.3 Å². The maximum Gasteiger partial charge on any atom is 0.229 e. The molecule has 2 aromatic rings. The molecule has 0 radical (unpaired) electrons. The lowest BCUT2D eigenvalue weighted by molar-refractivity contribution is 0.182. The Balaban J connectivity index is 1.93. The Bertz CT molecular complexity index is 1180. The molecule has 9 nitrogen and oxygen atoms in total. The van der Waals surface area contributed by atoms with Gasteiger partial charge >= 0.3 is 0 Å². The number of anilines is 2. The first-order valence-corrected chi connectivity index (χ1v) is 12.3. The summed E-state index contributed by atoms with van der Waals surface area (Å²) < 4.78 is 30.7. The number of likely N-dealkylation sites (N-methyl/N-ethyl adjacent to an activating group) is 1. The van der Waals surface area contributed by atoms with E-state index in [9.17, 15) is 13.5 Å². The van der Waals surface area contributed by atoms with Crippen LogP contribution in [0.25, 0.3) is 0 Å². The number of nitrogens with zero attached hydrogens (tertiary/aromatic N) is 3. The van der Waals surface area contributed by atoms with Crippen molar-refractivity contribution in [3.63, 3.8) is 0 Å². The number of guanidine groups is 1. The van der Waals surface area contributed by atoms with Gasteiger partial charge in [0.15, 0.2) is 0 Å². The van der Waals surface area contributed by atoms with Gasteiger partial charge in [0.1, 0.15) is 5.75 Å². The molecule has 0 fully saturated rings. The number of methoxy groups -OCH3 is 1. The highest BCUT2D eigenvalue weighted by Gasteiger charge is 2.21. The van der Waals surface area contributed by atoms with Crippen LogP contribution in [-0.4, -0.2) is 70.2 Å². The smallest absolute Gasteiger partial charge is 0.229 e. The van der Waals surface area contributed by atoms with E-state index in [1.54, 1.807) is 55.5 Å². The van der Waals surface area contributed by atoms with E-state index >= 15 is 0 Å². The lowest BCUT2D eigenvalue weighted by Crippen LogP contribution is -2.29. The normalized spacial score (nSPS) is 14.2. The molecule has 0 unspecified atom stereocenters.